The first-order chi connectivity index (χ1) is 8.19. The molecule has 1 amide bonds. The molecular formula is C10H7BrClN3O2. The maximum Gasteiger partial charge on any atom is 0.240 e. The van der Waals surface area contributed by atoms with E-state index in [1.54, 1.807) is 18.2 Å². The lowest BCUT2D eigenvalue weighted by molar-refractivity contribution is -0.113. The number of nitrogens with zero attached hydrogens (tertiary/aromatic N) is 2. The summed E-state index contributed by atoms with van der Waals surface area (Å²) in [7, 11) is 0. The van der Waals surface area contributed by atoms with E-state index in [-0.39, 0.29) is 11.8 Å². The van der Waals surface area contributed by atoms with Crippen LogP contribution in [0, 0.1) is 0 Å². The van der Waals surface area contributed by atoms with E-state index in [9.17, 15) is 4.79 Å². The van der Waals surface area contributed by atoms with Gasteiger partial charge in [-0.1, -0.05) is 0 Å². The lowest BCUT2D eigenvalue weighted by atomic mass is 10.3. The first-order valence-corrected chi connectivity index (χ1v) is 5.95. The Morgan fingerprint density at radius 3 is 2.94 bits per heavy atom. The van der Waals surface area contributed by atoms with Gasteiger partial charge in [0.2, 0.25) is 5.91 Å². The number of rotatable bonds is 3. The number of amides is 1. The topological polar surface area (TPSA) is 68.0 Å². The van der Waals surface area contributed by atoms with Crippen LogP contribution in [0.3, 0.4) is 0 Å². The summed E-state index contributed by atoms with van der Waals surface area (Å²) in [5, 5.41) is 2.53. The Kier molecular flexibility index (Phi) is 3.75. The molecule has 2 aromatic rings. The molecule has 0 radical (unpaired) electrons. The standard InChI is InChI=1S/C10H7BrClN3O2/c11-8-2-1-7(17-8)6-3-9(14-5-13-6)15-10(16)4-12/h1-3,5H,4H2,(H,13,14,15,16). The van der Waals surface area contributed by atoms with Crippen molar-refractivity contribution in [1.29, 1.82) is 0 Å². The van der Waals surface area contributed by atoms with Gasteiger partial charge in [0.05, 0.1) is 0 Å². The summed E-state index contributed by atoms with van der Waals surface area (Å²) in [6, 6.07) is 5.13. The highest BCUT2D eigenvalue weighted by Crippen LogP contribution is 2.24. The zero-order valence-corrected chi connectivity index (χ0v) is 10.8. The van der Waals surface area contributed by atoms with Crippen LogP contribution in [-0.4, -0.2) is 21.8 Å². The molecule has 0 aliphatic heterocycles. The van der Waals surface area contributed by atoms with E-state index >= 15 is 0 Å². The average molecular weight is 317 g/mol. The molecule has 0 fully saturated rings. The molecular weight excluding hydrogens is 309 g/mol. The quantitative estimate of drug-likeness (QED) is 0.884. The maximum absolute atomic E-state index is 11.1. The van der Waals surface area contributed by atoms with Crippen molar-refractivity contribution in [1.82, 2.24) is 9.97 Å². The molecule has 2 rings (SSSR count). The SMILES string of the molecule is O=C(CCl)Nc1cc(-c2ccc(Br)o2)ncn1. The van der Waals surface area contributed by atoms with Crippen LogP contribution in [-0.2, 0) is 4.79 Å². The number of carbonyl (C=O) groups excluding carboxylic acids is 1. The van der Waals surface area contributed by atoms with Crippen molar-refractivity contribution in [2.75, 3.05) is 11.2 Å². The highest BCUT2D eigenvalue weighted by Gasteiger charge is 2.07. The van der Waals surface area contributed by atoms with Gasteiger partial charge in [-0.25, -0.2) is 9.97 Å². The van der Waals surface area contributed by atoms with E-state index in [0.29, 0.717) is 21.9 Å². The van der Waals surface area contributed by atoms with Crippen molar-refractivity contribution in [2.45, 2.75) is 0 Å². The molecule has 88 valence electrons. The number of carbonyl (C=O) groups is 1. The molecule has 0 spiro atoms. The van der Waals surface area contributed by atoms with Gasteiger partial charge in [0, 0.05) is 6.07 Å². The molecule has 0 atom stereocenters. The zero-order valence-electron chi connectivity index (χ0n) is 8.48. The summed E-state index contributed by atoms with van der Waals surface area (Å²) in [5.74, 6) is 0.525. The van der Waals surface area contributed by atoms with Crippen molar-refractivity contribution in [3.8, 4) is 11.5 Å². The Morgan fingerprint density at radius 1 is 1.47 bits per heavy atom. The van der Waals surface area contributed by atoms with Crippen LogP contribution in [0.1, 0.15) is 0 Å². The van der Waals surface area contributed by atoms with Crippen molar-refractivity contribution in [3.05, 3.63) is 29.2 Å². The van der Waals surface area contributed by atoms with Gasteiger partial charge in [-0.2, -0.15) is 0 Å². The predicted octanol–water partition coefficient (Wildman–Crippen LogP) is 2.68. The van der Waals surface area contributed by atoms with Gasteiger partial charge in [-0.15, -0.1) is 11.6 Å². The Morgan fingerprint density at radius 2 is 2.29 bits per heavy atom. The second-order valence-corrected chi connectivity index (χ2v) is 4.12. The second kappa shape index (κ2) is 5.29. The first kappa shape index (κ1) is 12.1. The monoisotopic (exact) mass is 315 g/mol. The van der Waals surface area contributed by atoms with Gasteiger partial charge < -0.3 is 9.73 Å². The third-order valence-corrected chi connectivity index (χ3v) is 2.55. The van der Waals surface area contributed by atoms with Crippen LogP contribution in [0.15, 0.2) is 33.6 Å². The molecule has 7 heteroatoms. The number of halogens is 2. The lowest BCUT2D eigenvalue weighted by Crippen LogP contribution is -2.13. The van der Waals surface area contributed by atoms with Gasteiger partial charge in [0.25, 0.3) is 0 Å². The number of anilines is 1. The smallest absolute Gasteiger partial charge is 0.240 e. The lowest BCUT2D eigenvalue weighted by Gasteiger charge is -2.02. The molecule has 2 aromatic heterocycles. The van der Waals surface area contributed by atoms with Gasteiger partial charge in [0.1, 0.15) is 23.7 Å². The maximum atomic E-state index is 11.1. The molecule has 0 saturated carbocycles. The third-order valence-electron chi connectivity index (χ3n) is 1.88. The molecule has 0 bridgehead atoms. The number of aromatic nitrogens is 2. The summed E-state index contributed by atoms with van der Waals surface area (Å²) in [6.45, 7) is 0. The van der Waals surface area contributed by atoms with E-state index in [1.807, 2.05) is 0 Å². The van der Waals surface area contributed by atoms with E-state index in [1.165, 1.54) is 6.33 Å². The van der Waals surface area contributed by atoms with Gasteiger partial charge in [0.15, 0.2) is 10.4 Å². The highest BCUT2D eigenvalue weighted by molar-refractivity contribution is 9.10. The molecule has 5 nitrogen and oxygen atoms in total. The minimum Gasteiger partial charge on any atom is -0.448 e. The fourth-order valence-corrected chi connectivity index (χ4v) is 1.56. The number of nitrogens with one attached hydrogen (secondary N) is 1. The fraction of sp³-hybridized carbons (Fsp3) is 0.100. The van der Waals surface area contributed by atoms with Crippen molar-refractivity contribution < 1.29 is 9.21 Å². The van der Waals surface area contributed by atoms with Gasteiger partial charge in [-0.05, 0) is 28.1 Å². The van der Waals surface area contributed by atoms with Gasteiger partial charge in [-0.3, -0.25) is 4.79 Å². The number of furan rings is 1. The summed E-state index contributed by atoms with van der Waals surface area (Å²) in [4.78, 5) is 19.0. The summed E-state index contributed by atoms with van der Waals surface area (Å²) < 4.78 is 5.95. The molecule has 0 aliphatic carbocycles. The van der Waals surface area contributed by atoms with Crippen LogP contribution < -0.4 is 5.32 Å². The minimum atomic E-state index is -0.322. The fourth-order valence-electron chi connectivity index (χ4n) is 1.19. The van der Waals surface area contributed by atoms with Crippen LogP contribution in [0.25, 0.3) is 11.5 Å². The van der Waals surface area contributed by atoms with Crippen LogP contribution in [0.2, 0.25) is 0 Å². The molecule has 0 unspecified atom stereocenters. The Hall–Kier alpha value is -1.40. The van der Waals surface area contributed by atoms with Crippen LogP contribution in [0.5, 0.6) is 0 Å². The van der Waals surface area contributed by atoms with Crippen molar-refractivity contribution in [2.24, 2.45) is 0 Å². The molecule has 2 heterocycles. The number of alkyl halides is 1. The number of hydrogen-bond donors (Lipinski definition) is 1. The minimum absolute atomic E-state index is 0.119. The van der Waals surface area contributed by atoms with Crippen molar-refractivity contribution in [3.63, 3.8) is 0 Å². The molecule has 17 heavy (non-hydrogen) atoms. The predicted molar refractivity (Wildman–Crippen MR) is 66.8 cm³/mol. The van der Waals surface area contributed by atoms with Gasteiger partial charge >= 0.3 is 0 Å². The Labute approximate surface area is 110 Å². The van der Waals surface area contributed by atoms with E-state index in [2.05, 4.69) is 31.2 Å². The normalized spacial score (nSPS) is 10.2. The summed E-state index contributed by atoms with van der Waals surface area (Å²) in [6.07, 6.45) is 1.34. The van der Waals surface area contributed by atoms with E-state index < -0.39 is 0 Å². The number of hydrogen-bond acceptors (Lipinski definition) is 4. The molecule has 0 saturated heterocycles. The summed E-state index contributed by atoms with van der Waals surface area (Å²) >= 11 is 8.58. The largest absolute Gasteiger partial charge is 0.448 e. The zero-order chi connectivity index (χ0) is 12.3. The third kappa shape index (κ3) is 3.04. The summed E-state index contributed by atoms with van der Waals surface area (Å²) in [5.41, 5.74) is 0.579. The first-order valence-electron chi connectivity index (χ1n) is 4.62. The second-order valence-electron chi connectivity index (χ2n) is 3.07. The van der Waals surface area contributed by atoms with E-state index in [0.717, 1.165) is 0 Å². The Balaban J connectivity index is 2.25. The molecule has 1 N–H and O–H groups in total. The van der Waals surface area contributed by atoms with E-state index in [4.69, 9.17) is 16.0 Å². The highest BCUT2D eigenvalue weighted by atomic mass is 79.9. The van der Waals surface area contributed by atoms with Crippen LogP contribution in [0.4, 0.5) is 5.82 Å². The average Bonchev–Trinajstić information content (AvgIpc) is 2.76. The molecule has 0 aliphatic rings. The van der Waals surface area contributed by atoms with Crippen molar-refractivity contribution >= 4 is 39.3 Å². The Bertz CT molecular complexity index is 544. The molecule has 0 aromatic carbocycles. The van der Waals surface area contributed by atoms with Crippen LogP contribution >= 0.6 is 27.5 Å².